The third kappa shape index (κ3) is 1.93. The van der Waals surface area contributed by atoms with Crippen molar-refractivity contribution in [3.63, 3.8) is 0 Å². The number of aliphatic hydroxyl groups is 2. The zero-order chi connectivity index (χ0) is 16.7. The molecule has 0 aliphatic heterocycles. The maximum atomic E-state index is 13.2. The van der Waals surface area contributed by atoms with Crippen LogP contribution < -0.4 is 0 Å². The largest absolute Gasteiger partial charge is 0.393 e. The van der Waals surface area contributed by atoms with Crippen LogP contribution in [0.25, 0.3) is 0 Å². The quantitative estimate of drug-likeness (QED) is 0.779. The van der Waals surface area contributed by atoms with Gasteiger partial charge in [0.1, 0.15) is 5.78 Å². The molecule has 23 heavy (non-hydrogen) atoms. The van der Waals surface area contributed by atoms with Gasteiger partial charge in [0.05, 0.1) is 12.2 Å². The summed E-state index contributed by atoms with van der Waals surface area (Å²) in [6.07, 6.45) is 7.95. The number of Topliss-reactive ketones (excluding diaryl/α,β-unsaturated/α-hetero) is 1. The Morgan fingerprint density at radius 1 is 1.17 bits per heavy atom. The third-order valence-electron chi connectivity index (χ3n) is 8.59. The Labute approximate surface area is 139 Å². The lowest BCUT2D eigenvalue weighted by atomic mass is 9.41. The molecule has 0 saturated heterocycles. The molecule has 0 heterocycles. The van der Waals surface area contributed by atoms with Crippen LogP contribution in [0.4, 0.5) is 0 Å². The van der Waals surface area contributed by atoms with Crippen LogP contribution in [0.2, 0.25) is 0 Å². The first-order chi connectivity index (χ1) is 10.7. The van der Waals surface area contributed by atoms with Crippen molar-refractivity contribution in [1.82, 2.24) is 0 Å². The summed E-state index contributed by atoms with van der Waals surface area (Å²) in [5, 5.41) is 20.7. The van der Waals surface area contributed by atoms with E-state index >= 15 is 0 Å². The highest BCUT2D eigenvalue weighted by molar-refractivity contribution is 5.85. The first kappa shape index (κ1) is 16.1. The molecule has 1 spiro atoms. The SMILES string of the molecule is CC1(C)CCC[C@]2(C)[C@@H]1CC[C@@]13C[C@@H](CC(=O)[C@H]12)[C@@](O)(CO)C3. The number of hydrogen-bond acceptors (Lipinski definition) is 3. The minimum absolute atomic E-state index is 0.0204. The normalized spacial score (nSPS) is 54.5. The molecule has 4 fully saturated rings. The molecular weight excluding hydrogens is 288 g/mol. The number of ketones is 1. The molecule has 0 unspecified atom stereocenters. The standard InChI is InChI=1S/C20H32O3/c1-17(2)6-4-7-18(3)15(17)5-8-19-10-13(9-14(22)16(18)19)20(23,11-19)12-21/h13,15-16,21,23H,4-12H2,1-3H3/t13-,15-,16+,18-,19+,20+/m1/s1. The van der Waals surface area contributed by atoms with Crippen LogP contribution in [0.5, 0.6) is 0 Å². The average molecular weight is 320 g/mol. The molecule has 4 aliphatic rings. The van der Waals surface area contributed by atoms with Crippen molar-refractivity contribution in [3.05, 3.63) is 0 Å². The lowest BCUT2D eigenvalue weighted by Gasteiger charge is -2.63. The molecule has 0 amide bonds. The van der Waals surface area contributed by atoms with Gasteiger partial charge in [-0.2, -0.15) is 0 Å². The Hall–Kier alpha value is -0.410. The Balaban J connectivity index is 1.78. The lowest BCUT2D eigenvalue weighted by molar-refractivity contribution is -0.166. The summed E-state index contributed by atoms with van der Waals surface area (Å²) in [6.45, 7) is 6.97. The van der Waals surface area contributed by atoms with Gasteiger partial charge in [-0.15, -0.1) is 0 Å². The summed E-state index contributed by atoms with van der Waals surface area (Å²) in [5.41, 5.74) is -0.658. The molecule has 4 rings (SSSR count). The first-order valence-electron chi connectivity index (χ1n) is 9.53. The van der Waals surface area contributed by atoms with Crippen LogP contribution in [-0.2, 0) is 4.79 Å². The van der Waals surface area contributed by atoms with Crippen molar-refractivity contribution >= 4 is 5.78 Å². The lowest BCUT2D eigenvalue weighted by Crippen LogP contribution is -2.58. The molecule has 4 saturated carbocycles. The van der Waals surface area contributed by atoms with E-state index in [0.29, 0.717) is 30.0 Å². The van der Waals surface area contributed by atoms with E-state index in [9.17, 15) is 15.0 Å². The molecule has 3 nitrogen and oxygen atoms in total. The zero-order valence-electron chi connectivity index (χ0n) is 14.9. The summed E-state index contributed by atoms with van der Waals surface area (Å²) >= 11 is 0. The van der Waals surface area contributed by atoms with Crippen LogP contribution in [0.15, 0.2) is 0 Å². The van der Waals surface area contributed by atoms with E-state index < -0.39 is 5.60 Å². The molecule has 0 radical (unpaired) electrons. The summed E-state index contributed by atoms with van der Waals surface area (Å²) in [4.78, 5) is 13.2. The zero-order valence-corrected chi connectivity index (χ0v) is 14.9. The van der Waals surface area contributed by atoms with Crippen molar-refractivity contribution in [2.45, 2.75) is 77.7 Å². The Kier molecular flexibility index (Phi) is 3.22. The Morgan fingerprint density at radius 3 is 2.61 bits per heavy atom. The van der Waals surface area contributed by atoms with E-state index in [1.165, 1.54) is 19.3 Å². The number of carbonyl (C=O) groups is 1. The van der Waals surface area contributed by atoms with Gasteiger partial charge in [-0.3, -0.25) is 4.79 Å². The monoisotopic (exact) mass is 320 g/mol. The topological polar surface area (TPSA) is 57.5 Å². The maximum absolute atomic E-state index is 13.2. The van der Waals surface area contributed by atoms with Crippen molar-refractivity contribution in [2.75, 3.05) is 6.61 Å². The second kappa shape index (κ2) is 4.60. The van der Waals surface area contributed by atoms with Gasteiger partial charge in [0.25, 0.3) is 0 Å². The Bertz CT molecular complexity index is 541. The minimum Gasteiger partial charge on any atom is -0.393 e. The van der Waals surface area contributed by atoms with Gasteiger partial charge >= 0.3 is 0 Å². The van der Waals surface area contributed by atoms with Crippen molar-refractivity contribution < 1.29 is 15.0 Å². The van der Waals surface area contributed by atoms with Gasteiger partial charge in [0.2, 0.25) is 0 Å². The molecule has 130 valence electrons. The van der Waals surface area contributed by atoms with E-state index in [4.69, 9.17) is 0 Å². The maximum Gasteiger partial charge on any atom is 0.137 e. The van der Waals surface area contributed by atoms with Crippen molar-refractivity contribution in [2.24, 2.45) is 34.0 Å². The minimum atomic E-state index is -1.02. The van der Waals surface area contributed by atoms with E-state index in [0.717, 1.165) is 19.3 Å². The van der Waals surface area contributed by atoms with Crippen LogP contribution in [0.1, 0.15) is 72.1 Å². The van der Waals surface area contributed by atoms with E-state index in [1.54, 1.807) is 0 Å². The number of carbonyl (C=O) groups excluding carboxylic acids is 1. The van der Waals surface area contributed by atoms with E-state index in [-0.39, 0.29) is 29.3 Å². The Morgan fingerprint density at radius 2 is 1.91 bits per heavy atom. The van der Waals surface area contributed by atoms with E-state index in [1.807, 2.05) is 0 Å². The second-order valence-corrected chi connectivity index (χ2v) is 10.2. The van der Waals surface area contributed by atoms with Gasteiger partial charge in [-0.1, -0.05) is 27.2 Å². The molecule has 3 heteroatoms. The fraction of sp³-hybridized carbons (Fsp3) is 0.950. The fourth-order valence-electron chi connectivity index (χ4n) is 7.94. The highest BCUT2D eigenvalue weighted by Gasteiger charge is 2.69. The van der Waals surface area contributed by atoms with Gasteiger partial charge in [-0.05, 0) is 66.6 Å². The van der Waals surface area contributed by atoms with Gasteiger partial charge in [-0.25, -0.2) is 0 Å². The number of fused-ring (bicyclic) bond motifs is 3. The molecule has 0 aromatic carbocycles. The summed E-state index contributed by atoms with van der Waals surface area (Å²) < 4.78 is 0. The molecule has 0 aromatic heterocycles. The third-order valence-corrected chi connectivity index (χ3v) is 8.59. The van der Waals surface area contributed by atoms with Crippen LogP contribution in [0, 0.1) is 34.0 Å². The van der Waals surface area contributed by atoms with Crippen LogP contribution in [-0.4, -0.2) is 28.2 Å². The summed E-state index contributed by atoms with van der Waals surface area (Å²) in [5.74, 6) is 1.08. The van der Waals surface area contributed by atoms with Crippen molar-refractivity contribution in [1.29, 1.82) is 0 Å². The number of rotatable bonds is 1. The molecule has 2 bridgehead atoms. The van der Waals surface area contributed by atoms with Gasteiger partial charge in [0, 0.05) is 12.3 Å². The molecule has 6 atom stereocenters. The summed E-state index contributed by atoms with van der Waals surface area (Å²) in [6, 6.07) is 0. The van der Waals surface area contributed by atoms with Crippen molar-refractivity contribution in [3.8, 4) is 0 Å². The average Bonchev–Trinajstić information content (AvgIpc) is 2.65. The fourth-order valence-corrected chi connectivity index (χ4v) is 7.94. The van der Waals surface area contributed by atoms with Gasteiger partial charge in [0.15, 0.2) is 0 Å². The molecular formula is C20H32O3. The predicted octanol–water partition coefficient (Wildman–Crippen LogP) is 3.32. The second-order valence-electron chi connectivity index (χ2n) is 10.2. The van der Waals surface area contributed by atoms with Crippen LogP contribution in [0.3, 0.4) is 0 Å². The number of aliphatic hydroxyl groups excluding tert-OH is 1. The van der Waals surface area contributed by atoms with Gasteiger partial charge < -0.3 is 10.2 Å². The predicted molar refractivity (Wildman–Crippen MR) is 88.8 cm³/mol. The summed E-state index contributed by atoms with van der Waals surface area (Å²) in [7, 11) is 0. The number of hydrogen-bond donors (Lipinski definition) is 2. The highest BCUT2D eigenvalue weighted by atomic mass is 16.3. The molecule has 4 aliphatic carbocycles. The first-order valence-corrected chi connectivity index (χ1v) is 9.53. The van der Waals surface area contributed by atoms with Crippen LogP contribution >= 0.6 is 0 Å². The highest BCUT2D eigenvalue weighted by Crippen LogP contribution is 2.71. The smallest absolute Gasteiger partial charge is 0.137 e. The van der Waals surface area contributed by atoms with E-state index in [2.05, 4.69) is 20.8 Å². The molecule has 2 N–H and O–H groups in total. The molecule has 0 aromatic rings.